The lowest BCUT2D eigenvalue weighted by molar-refractivity contribution is -0.121. The van der Waals surface area contributed by atoms with E-state index < -0.39 is 17.2 Å². The van der Waals surface area contributed by atoms with E-state index in [-0.39, 0.29) is 17.9 Å². The molecule has 0 unspecified atom stereocenters. The Morgan fingerprint density at radius 1 is 1.20 bits per heavy atom. The average molecular weight is 404 g/mol. The van der Waals surface area contributed by atoms with Gasteiger partial charge in [-0.05, 0) is 25.5 Å². The van der Waals surface area contributed by atoms with Crippen molar-refractivity contribution >= 4 is 46.9 Å². The second-order valence-electron chi connectivity index (χ2n) is 5.06. The molecule has 0 aliphatic heterocycles. The Labute approximate surface area is 157 Å². The van der Waals surface area contributed by atoms with Crippen LogP contribution in [0.15, 0.2) is 26.8 Å². The van der Waals surface area contributed by atoms with Crippen molar-refractivity contribution in [1.82, 2.24) is 15.4 Å². The lowest BCUT2D eigenvalue weighted by atomic mass is 10.1. The summed E-state index contributed by atoms with van der Waals surface area (Å²) in [5, 5.41) is 4.65. The molecule has 1 heterocycles. The summed E-state index contributed by atoms with van der Waals surface area (Å²) in [5.74, 6) is -0.421. The van der Waals surface area contributed by atoms with E-state index in [0.29, 0.717) is 26.9 Å². The highest BCUT2D eigenvalue weighted by molar-refractivity contribution is 6.45. The number of benzene rings is 1. The maximum absolute atomic E-state index is 11.8. The molecule has 0 bridgehead atoms. The van der Waals surface area contributed by atoms with Crippen LogP contribution in [0, 0.1) is 6.92 Å². The van der Waals surface area contributed by atoms with Gasteiger partial charge in [-0.25, -0.2) is 10.2 Å². The van der Waals surface area contributed by atoms with Gasteiger partial charge in [-0.3, -0.25) is 14.6 Å². The van der Waals surface area contributed by atoms with Crippen LogP contribution >= 0.6 is 34.8 Å². The van der Waals surface area contributed by atoms with Crippen LogP contribution in [0.1, 0.15) is 23.2 Å². The van der Waals surface area contributed by atoms with Gasteiger partial charge >= 0.3 is 5.69 Å². The Morgan fingerprint density at radius 3 is 2.56 bits per heavy atom. The largest absolute Gasteiger partial charge is 0.325 e. The second kappa shape index (κ2) is 8.33. The third-order valence-corrected chi connectivity index (χ3v) is 4.47. The van der Waals surface area contributed by atoms with Gasteiger partial charge in [0.05, 0.1) is 21.3 Å². The molecular formula is C15H13Cl3N4O3. The molecule has 0 fully saturated rings. The van der Waals surface area contributed by atoms with Crippen LogP contribution in [0.3, 0.4) is 0 Å². The molecule has 1 aromatic heterocycles. The fourth-order valence-electron chi connectivity index (χ4n) is 2.05. The summed E-state index contributed by atoms with van der Waals surface area (Å²) >= 11 is 17.9. The zero-order chi connectivity index (χ0) is 18.6. The van der Waals surface area contributed by atoms with E-state index in [4.69, 9.17) is 34.8 Å². The van der Waals surface area contributed by atoms with Crippen molar-refractivity contribution in [2.24, 2.45) is 5.10 Å². The van der Waals surface area contributed by atoms with E-state index in [2.05, 4.69) is 20.5 Å². The fourth-order valence-corrected chi connectivity index (χ4v) is 2.68. The Bertz CT molecular complexity index is 950. The smallest absolute Gasteiger partial charge is 0.311 e. The highest BCUT2D eigenvalue weighted by atomic mass is 35.5. The minimum absolute atomic E-state index is 0.00428. The third-order valence-electron chi connectivity index (χ3n) is 3.32. The fraction of sp³-hybridized carbons (Fsp3) is 0.200. The average Bonchev–Trinajstić information content (AvgIpc) is 2.53. The number of aromatic amines is 2. The summed E-state index contributed by atoms with van der Waals surface area (Å²) in [4.78, 5) is 39.2. The van der Waals surface area contributed by atoms with Gasteiger partial charge in [-0.15, -0.1) is 0 Å². The summed E-state index contributed by atoms with van der Waals surface area (Å²) < 4.78 is 0. The predicted molar refractivity (Wildman–Crippen MR) is 98.0 cm³/mol. The molecule has 132 valence electrons. The van der Waals surface area contributed by atoms with Crippen molar-refractivity contribution < 1.29 is 4.79 Å². The number of carbonyl (C=O) groups is 1. The molecule has 0 radical (unpaired) electrons. The molecule has 10 heteroatoms. The van der Waals surface area contributed by atoms with Crippen molar-refractivity contribution in [1.29, 1.82) is 0 Å². The lowest BCUT2D eigenvalue weighted by Crippen LogP contribution is -2.28. The molecule has 0 saturated carbocycles. The molecular weight excluding hydrogens is 391 g/mol. The molecule has 0 saturated heterocycles. The maximum atomic E-state index is 11.8. The van der Waals surface area contributed by atoms with E-state index in [1.165, 1.54) is 6.21 Å². The van der Waals surface area contributed by atoms with Crippen molar-refractivity contribution in [3.05, 3.63) is 64.9 Å². The number of halogens is 3. The van der Waals surface area contributed by atoms with Crippen LogP contribution in [0.2, 0.25) is 15.1 Å². The van der Waals surface area contributed by atoms with Crippen molar-refractivity contribution in [2.45, 2.75) is 19.8 Å². The Balaban J connectivity index is 1.99. The van der Waals surface area contributed by atoms with Crippen molar-refractivity contribution in [3.63, 3.8) is 0 Å². The van der Waals surface area contributed by atoms with Crippen LogP contribution < -0.4 is 16.7 Å². The van der Waals surface area contributed by atoms with Crippen LogP contribution in [-0.4, -0.2) is 22.1 Å². The summed E-state index contributed by atoms with van der Waals surface area (Å²) in [6.45, 7) is 1.59. The lowest BCUT2D eigenvalue weighted by Gasteiger charge is -2.04. The van der Waals surface area contributed by atoms with Gasteiger partial charge in [0.25, 0.3) is 5.56 Å². The van der Waals surface area contributed by atoms with Crippen molar-refractivity contribution in [3.8, 4) is 0 Å². The molecule has 2 aromatic rings. The van der Waals surface area contributed by atoms with E-state index in [1.54, 1.807) is 19.1 Å². The molecule has 25 heavy (non-hydrogen) atoms. The van der Waals surface area contributed by atoms with Gasteiger partial charge in [0.1, 0.15) is 0 Å². The van der Waals surface area contributed by atoms with Crippen LogP contribution in [-0.2, 0) is 11.2 Å². The van der Waals surface area contributed by atoms with Gasteiger partial charge in [0, 0.05) is 23.2 Å². The SMILES string of the molecule is Cc1[nH]c(=O)[nH]c(=O)c1CCC(=O)N/N=C/c1c(Cl)ccc(Cl)c1Cl. The number of nitrogens with one attached hydrogen (secondary N) is 3. The van der Waals surface area contributed by atoms with Gasteiger partial charge in [0.2, 0.25) is 5.91 Å². The number of hydrogen-bond donors (Lipinski definition) is 3. The molecule has 1 aromatic carbocycles. The van der Waals surface area contributed by atoms with Gasteiger partial charge in [-0.1, -0.05) is 34.8 Å². The number of aromatic nitrogens is 2. The monoisotopic (exact) mass is 402 g/mol. The highest BCUT2D eigenvalue weighted by Gasteiger charge is 2.10. The number of aryl methyl sites for hydroxylation is 1. The molecule has 0 aliphatic rings. The number of rotatable bonds is 5. The molecule has 7 nitrogen and oxygen atoms in total. The summed E-state index contributed by atoms with van der Waals surface area (Å²) in [6.07, 6.45) is 1.44. The standard InChI is InChI=1S/C15H13Cl3N4O3/c1-7-8(14(24)21-15(25)20-7)2-5-12(23)22-19-6-9-10(16)3-4-11(17)13(9)18/h3-4,6H,2,5H2,1H3,(H,22,23)(H2,20,21,24,25)/b19-6+. The summed E-state index contributed by atoms with van der Waals surface area (Å²) in [6, 6.07) is 3.11. The van der Waals surface area contributed by atoms with Gasteiger partial charge in [0.15, 0.2) is 0 Å². The number of carbonyl (C=O) groups excluding carboxylic acids is 1. The van der Waals surface area contributed by atoms with E-state index in [1.807, 2.05) is 0 Å². The zero-order valence-electron chi connectivity index (χ0n) is 13.0. The topological polar surface area (TPSA) is 107 Å². The summed E-state index contributed by atoms with van der Waals surface area (Å²) in [5.41, 5.74) is 2.34. The normalized spacial score (nSPS) is 11.0. The van der Waals surface area contributed by atoms with E-state index in [9.17, 15) is 14.4 Å². The van der Waals surface area contributed by atoms with E-state index in [0.717, 1.165) is 0 Å². The predicted octanol–water partition coefficient (Wildman–Crippen LogP) is 2.41. The second-order valence-corrected chi connectivity index (χ2v) is 6.25. The Morgan fingerprint density at radius 2 is 1.88 bits per heavy atom. The Hall–Kier alpha value is -2.09. The zero-order valence-corrected chi connectivity index (χ0v) is 15.2. The van der Waals surface area contributed by atoms with Crippen LogP contribution in [0.4, 0.5) is 0 Å². The molecule has 0 spiro atoms. The first kappa shape index (κ1) is 19.2. The van der Waals surface area contributed by atoms with Gasteiger partial charge < -0.3 is 4.98 Å². The molecule has 0 aliphatic carbocycles. The van der Waals surface area contributed by atoms with Crippen molar-refractivity contribution in [2.75, 3.05) is 0 Å². The van der Waals surface area contributed by atoms with Crippen LogP contribution in [0.25, 0.3) is 0 Å². The number of hydrogen-bond acceptors (Lipinski definition) is 4. The molecule has 1 amide bonds. The molecule has 3 N–H and O–H groups in total. The quantitative estimate of drug-likeness (QED) is 0.405. The first-order valence-corrected chi connectivity index (χ1v) is 8.20. The van der Waals surface area contributed by atoms with E-state index >= 15 is 0 Å². The number of amides is 1. The molecule has 2 rings (SSSR count). The minimum atomic E-state index is -0.587. The van der Waals surface area contributed by atoms with Gasteiger partial charge in [-0.2, -0.15) is 5.10 Å². The summed E-state index contributed by atoms with van der Waals surface area (Å²) in [7, 11) is 0. The first-order chi connectivity index (χ1) is 11.8. The highest BCUT2D eigenvalue weighted by Crippen LogP contribution is 2.29. The Kier molecular flexibility index (Phi) is 6.41. The third kappa shape index (κ3) is 4.94. The number of H-pyrrole nitrogens is 2. The minimum Gasteiger partial charge on any atom is -0.311 e. The first-order valence-electron chi connectivity index (χ1n) is 7.07. The number of hydrazone groups is 1. The maximum Gasteiger partial charge on any atom is 0.325 e. The number of nitrogens with zero attached hydrogens (tertiary/aromatic N) is 1. The molecule has 0 atom stereocenters. The van der Waals surface area contributed by atoms with Crippen LogP contribution in [0.5, 0.6) is 0 Å².